The molecule has 3 rings (SSSR count). The highest BCUT2D eigenvalue weighted by Crippen LogP contribution is 2.23. The minimum absolute atomic E-state index is 0.118. The van der Waals surface area contributed by atoms with E-state index in [1.54, 1.807) is 23.6 Å². The van der Waals surface area contributed by atoms with Crippen molar-refractivity contribution in [3.8, 4) is 5.69 Å². The van der Waals surface area contributed by atoms with Crippen LogP contribution in [-0.2, 0) is 4.79 Å². The lowest BCUT2D eigenvalue weighted by Crippen LogP contribution is -2.23. The van der Waals surface area contributed by atoms with E-state index in [-0.39, 0.29) is 22.8 Å². The van der Waals surface area contributed by atoms with Gasteiger partial charge in [0.15, 0.2) is 5.16 Å². The van der Waals surface area contributed by atoms with Crippen LogP contribution in [0.2, 0.25) is 0 Å². The fourth-order valence-electron chi connectivity index (χ4n) is 2.17. The number of carboxylic acids is 1. The summed E-state index contributed by atoms with van der Waals surface area (Å²) in [7, 11) is 1.54. The zero-order chi connectivity index (χ0) is 18.0. The Balaban J connectivity index is 2.13. The number of rotatable bonds is 5. The Kier molecular flexibility index (Phi) is 4.86. The highest BCUT2D eigenvalue weighted by Gasteiger charge is 2.15. The third-order valence-electron chi connectivity index (χ3n) is 3.45. The van der Waals surface area contributed by atoms with Crippen LogP contribution in [0.3, 0.4) is 0 Å². The van der Waals surface area contributed by atoms with Gasteiger partial charge in [-0.15, -0.1) is 11.3 Å². The maximum atomic E-state index is 12.8. The van der Waals surface area contributed by atoms with Gasteiger partial charge in [-0.05, 0) is 35.7 Å². The summed E-state index contributed by atoms with van der Waals surface area (Å²) < 4.78 is 1.40. The lowest BCUT2D eigenvalue weighted by molar-refractivity contribution is -0.118. The highest BCUT2D eigenvalue weighted by atomic mass is 32.2. The van der Waals surface area contributed by atoms with E-state index in [9.17, 15) is 14.4 Å². The molecular weight excluding hydrogens is 362 g/mol. The number of amides is 1. The number of carbonyl (C=O) groups excluding carboxylic acids is 1. The molecule has 2 heterocycles. The van der Waals surface area contributed by atoms with E-state index in [0.29, 0.717) is 21.1 Å². The minimum Gasteiger partial charge on any atom is -0.478 e. The van der Waals surface area contributed by atoms with Gasteiger partial charge in [0.2, 0.25) is 5.91 Å². The third kappa shape index (κ3) is 3.42. The normalized spacial score (nSPS) is 10.8. The molecule has 2 aromatic heterocycles. The summed E-state index contributed by atoms with van der Waals surface area (Å²) in [6.07, 6.45) is 0. The Bertz CT molecular complexity index is 1010. The summed E-state index contributed by atoms with van der Waals surface area (Å²) in [5, 5.41) is 14.2. The van der Waals surface area contributed by atoms with Crippen LogP contribution >= 0.6 is 23.1 Å². The van der Waals surface area contributed by atoms with Crippen molar-refractivity contribution < 1.29 is 14.7 Å². The van der Waals surface area contributed by atoms with E-state index in [0.717, 1.165) is 11.8 Å². The van der Waals surface area contributed by atoms with Gasteiger partial charge in [0, 0.05) is 7.05 Å². The number of aromatic nitrogens is 2. The van der Waals surface area contributed by atoms with E-state index in [1.165, 1.54) is 35.1 Å². The molecule has 0 aliphatic heterocycles. The van der Waals surface area contributed by atoms with Gasteiger partial charge in [-0.25, -0.2) is 9.78 Å². The third-order valence-corrected chi connectivity index (χ3v) is 5.20. The van der Waals surface area contributed by atoms with Crippen molar-refractivity contribution >= 4 is 45.2 Å². The molecule has 0 saturated heterocycles. The van der Waals surface area contributed by atoms with E-state index >= 15 is 0 Å². The maximum Gasteiger partial charge on any atom is 0.335 e. The SMILES string of the molecule is CNC(=O)CSc1nc2sccc2c(=O)n1-c1ccc(C(=O)O)cc1. The second-order valence-corrected chi connectivity index (χ2v) is 6.83. The van der Waals surface area contributed by atoms with Crippen molar-refractivity contribution in [1.29, 1.82) is 0 Å². The van der Waals surface area contributed by atoms with Crippen molar-refractivity contribution in [3.63, 3.8) is 0 Å². The van der Waals surface area contributed by atoms with Crippen molar-refractivity contribution in [2.45, 2.75) is 5.16 Å². The van der Waals surface area contributed by atoms with Crippen LogP contribution in [0.1, 0.15) is 10.4 Å². The van der Waals surface area contributed by atoms with Crippen molar-refractivity contribution in [2.24, 2.45) is 0 Å². The average molecular weight is 375 g/mol. The maximum absolute atomic E-state index is 12.8. The largest absolute Gasteiger partial charge is 0.478 e. The molecule has 0 aliphatic carbocycles. The van der Waals surface area contributed by atoms with Gasteiger partial charge in [0.1, 0.15) is 4.83 Å². The van der Waals surface area contributed by atoms with Crippen molar-refractivity contribution in [3.05, 3.63) is 51.6 Å². The minimum atomic E-state index is -1.04. The van der Waals surface area contributed by atoms with Crippen molar-refractivity contribution in [2.75, 3.05) is 12.8 Å². The number of thiophene rings is 1. The Labute approximate surface area is 150 Å². The number of nitrogens with one attached hydrogen (secondary N) is 1. The molecule has 0 fully saturated rings. The standard InChI is InChI=1S/C16H13N3O4S2/c1-17-12(20)8-25-16-18-13-11(6-7-24-13)14(21)19(16)10-4-2-9(3-5-10)15(22)23/h2-7H,8H2,1H3,(H,17,20)(H,22,23). The van der Waals surface area contributed by atoms with Gasteiger partial charge >= 0.3 is 5.97 Å². The molecule has 1 amide bonds. The summed E-state index contributed by atoms with van der Waals surface area (Å²) >= 11 is 2.50. The van der Waals surface area contributed by atoms with Crippen molar-refractivity contribution in [1.82, 2.24) is 14.9 Å². The fraction of sp³-hybridized carbons (Fsp3) is 0.125. The Hall–Kier alpha value is -2.65. The first kappa shape index (κ1) is 17.2. The number of hydrogen-bond donors (Lipinski definition) is 2. The summed E-state index contributed by atoms with van der Waals surface area (Å²) in [6, 6.07) is 7.65. The molecule has 0 bridgehead atoms. The predicted octanol–water partition coefficient (Wildman–Crippen LogP) is 1.98. The van der Waals surface area contributed by atoms with E-state index in [4.69, 9.17) is 5.11 Å². The van der Waals surface area contributed by atoms with E-state index in [1.807, 2.05) is 0 Å². The van der Waals surface area contributed by atoms with Gasteiger partial charge < -0.3 is 10.4 Å². The number of fused-ring (bicyclic) bond motifs is 1. The van der Waals surface area contributed by atoms with Crippen LogP contribution < -0.4 is 10.9 Å². The Morgan fingerprint density at radius 1 is 1.28 bits per heavy atom. The number of nitrogens with zero attached hydrogens (tertiary/aromatic N) is 2. The van der Waals surface area contributed by atoms with Crippen LogP contribution in [0.25, 0.3) is 15.9 Å². The first-order valence-corrected chi connectivity index (χ1v) is 9.05. The summed E-state index contributed by atoms with van der Waals surface area (Å²) in [4.78, 5) is 40.5. The molecule has 9 heteroatoms. The van der Waals surface area contributed by atoms with Crippen LogP contribution in [0.15, 0.2) is 45.7 Å². The molecule has 0 atom stereocenters. The molecule has 25 heavy (non-hydrogen) atoms. The van der Waals surface area contributed by atoms with Gasteiger partial charge in [-0.3, -0.25) is 14.2 Å². The molecule has 7 nitrogen and oxygen atoms in total. The average Bonchev–Trinajstić information content (AvgIpc) is 3.08. The molecule has 1 aromatic carbocycles. The molecule has 0 radical (unpaired) electrons. The molecule has 0 spiro atoms. The van der Waals surface area contributed by atoms with Gasteiger partial charge in [-0.2, -0.15) is 0 Å². The first-order chi connectivity index (χ1) is 12.0. The fourth-order valence-corrected chi connectivity index (χ4v) is 3.86. The second kappa shape index (κ2) is 7.08. The van der Waals surface area contributed by atoms with E-state index < -0.39 is 5.97 Å². The van der Waals surface area contributed by atoms with Crippen LogP contribution in [-0.4, -0.2) is 39.3 Å². The highest BCUT2D eigenvalue weighted by molar-refractivity contribution is 7.99. The topological polar surface area (TPSA) is 101 Å². The predicted molar refractivity (Wildman–Crippen MR) is 97.0 cm³/mol. The Morgan fingerprint density at radius 2 is 2.00 bits per heavy atom. The zero-order valence-electron chi connectivity index (χ0n) is 13.1. The Morgan fingerprint density at radius 3 is 2.64 bits per heavy atom. The molecule has 3 aromatic rings. The molecular formula is C16H13N3O4S2. The lowest BCUT2D eigenvalue weighted by atomic mass is 10.2. The smallest absolute Gasteiger partial charge is 0.335 e. The van der Waals surface area contributed by atoms with Gasteiger partial charge in [0.05, 0.1) is 22.4 Å². The summed E-state index contributed by atoms with van der Waals surface area (Å²) in [5.74, 6) is -1.11. The molecule has 0 unspecified atom stereocenters. The number of carbonyl (C=O) groups is 2. The number of hydrogen-bond acceptors (Lipinski definition) is 6. The zero-order valence-corrected chi connectivity index (χ0v) is 14.7. The lowest BCUT2D eigenvalue weighted by Gasteiger charge is -2.12. The number of aromatic carboxylic acids is 1. The molecule has 0 aliphatic rings. The number of carboxylic acid groups (broad SMARTS) is 1. The number of thioether (sulfide) groups is 1. The monoisotopic (exact) mass is 375 g/mol. The summed E-state index contributed by atoms with van der Waals surface area (Å²) in [6.45, 7) is 0. The summed E-state index contributed by atoms with van der Waals surface area (Å²) in [5.41, 5.74) is 0.365. The van der Waals surface area contributed by atoms with Gasteiger partial charge in [0.25, 0.3) is 5.56 Å². The number of benzene rings is 1. The van der Waals surface area contributed by atoms with Gasteiger partial charge in [-0.1, -0.05) is 11.8 Å². The van der Waals surface area contributed by atoms with Crippen LogP contribution in [0.5, 0.6) is 0 Å². The molecule has 128 valence electrons. The second-order valence-electron chi connectivity index (χ2n) is 4.99. The first-order valence-electron chi connectivity index (χ1n) is 7.18. The quantitative estimate of drug-likeness (QED) is 0.522. The molecule has 0 saturated carbocycles. The van der Waals surface area contributed by atoms with Crippen LogP contribution in [0.4, 0.5) is 0 Å². The van der Waals surface area contributed by atoms with E-state index in [2.05, 4.69) is 10.3 Å². The molecule has 2 N–H and O–H groups in total. The van der Waals surface area contributed by atoms with Crippen LogP contribution in [0, 0.1) is 0 Å².